The van der Waals surface area contributed by atoms with Crippen LogP contribution in [0.5, 0.6) is 0 Å². The predicted octanol–water partition coefficient (Wildman–Crippen LogP) is 2.51. The Bertz CT molecular complexity index is 865. The summed E-state index contributed by atoms with van der Waals surface area (Å²) in [5.74, 6) is 2.42. The molecule has 150 valence electrons. The van der Waals surface area contributed by atoms with Crippen LogP contribution in [0.3, 0.4) is 0 Å². The second-order valence-corrected chi connectivity index (χ2v) is 8.88. The first-order valence-corrected chi connectivity index (χ1v) is 10.6. The van der Waals surface area contributed by atoms with Crippen LogP contribution in [0.4, 0.5) is 4.79 Å². The van der Waals surface area contributed by atoms with Crippen LogP contribution in [0.1, 0.15) is 30.4 Å². The molecule has 0 aromatic heterocycles. The normalized spacial score (nSPS) is 32.4. The van der Waals surface area contributed by atoms with Gasteiger partial charge in [0.05, 0.1) is 11.6 Å². The lowest BCUT2D eigenvalue weighted by Crippen LogP contribution is -2.47. The third-order valence-corrected chi connectivity index (χ3v) is 7.29. The highest BCUT2D eigenvalue weighted by molar-refractivity contribution is 5.88. The quantitative estimate of drug-likeness (QED) is 0.806. The van der Waals surface area contributed by atoms with Gasteiger partial charge in [-0.3, -0.25) is 4.79 Å². The zero-order chi connectivity index (χ0) is 20.0. The number of urea groups is 1. The Morgan fingerprint density at radius 2 is 1.72 bits per heavy atom. The van der Waals surface area contributed by atoms with Crippen molar-refractivity contribution in [3.63, 3.8) is 0 Å². The number of hydrogen-bond donors (Lipinski definition) is 1. The fourth-order valence-corrected chi connectivity index (χ4v) is 5.68. The number of rotatable bonds is 3. The van der Waals surface area contributed by atoms with Crippen molar-refractivity contribution >= 4 is 11.9 Å². The number of carbonyl (C=O) groups excluding carboxylic acids is 2. The fourth-order valence-electron chi connectivity index (χ4n) is 5.68. The first-order chi connectivity index (χ1) is 14.1. The summed E-state index contributed by atoms with van der Waals surface area (Å²) in [4.78, 5) is 29.4. The number of benzene rings is 1. The maximum atomic E-state index is 12.9. The Hall–Kier alpha value is -2.81. The monoisotopic (exact) mass is 390 g/mol. The molecule has 5 atom stereocenters. The Kier molecular flexibility index (Phi) is 4.54. The lowest BCUT2D eigenvalue weighted by atomic mass is 9.64. The topological polar surface area (TPSA) is 76.4 Å². The van der Waals surface area contributed by atoms with Gasteiger partial charge in [-0.15, -0.1) is 0 Å². The molecule has 1 saturated carbocycles. The third-order valence-electron chi connectivity index (χ3n) is 7.29. The smallest absolute Gasteiger partial charge is 0.318 e. The van der Waals surface area contributed by atoms with Crippen LogP contribution in [-0.4, -0.2) is 47.4 Å². The van der Waals surface area contributed by atoms with Crippen LogP contribution in [0, 0.1) is 35.0 Å². The maximum absolute atomic E-state index is 12.9. The Morgan fingerprint density at radius 3 is 2.31 bits per heavy atom. The molecular formula is C23H26N4O2. The van der Waals surface area contributed by atoms with E-state index >= 15 is 0 Å². The second-order valence-electron chi connectivity index (χ2n) is 8.88. The molecule has 5 aliphatic rings. The highest BCUT2D eigenvalue weighted by atomic mass is 16.2. The summed E-state index contributed by atoms with van der Waals surface area (Å²) in [6, 6.07) is 8.88. The van der Waals surface area contributed by atoms with Crippen molar-refractivity contribution in [3.05, 3.63) is 47.5 Å². The van der Waals surface area contributed by atoms with Gasteiger partial charge in [0.25, 0.3) is 0 Å². The lowest BCUT2D eigenvalue weighted by Gasteiger charge is -2.40. The summed E-state index contributed by atoms with van der Waals surface area (Å²) < 4.78 is 0. The number of allylic oxidation sites excluding steroid dienone is 2. The molecule has 6 rings (SSSR count). The summed E-state index contributed by atoms with van der Waals surface area (Å²) in [6.07, 6.45) is 7.87. The minimum atomic E-state index is -0.432. The summed E-state index contributed by atoms with van der Waals surface area (Å²) in [6.45, 7) is 2.79. The summed E-state index contributed by atoms with van der Waals surface area (Å²) in [5.41, 5.74) is 1.61. The van der Waals surface area contributed by atoms with E-state index in [-0.39, 0.29) is 11.9 Å². The minimum absolute atomic E-state index is 0.0129. The van der Waals surface area contributed by atoms with Crippen molar-refractivity contribution in [1.29, 1.82) is 5.26 Å². The van der Waals surface area contributed by atoms with E-state index < -0.39 is 6.04 Å². The molecule has 0 spiro atoms. The van der Waals surface area contributed by atoms with Crippen molar-refractivity contribution in [2.75, 3.05) is 19.6 Å². The van der Waals surface area contributed by atoms with E-state index in [0.29, 0.717) is 48.7 Å². The maximum Gasteiger partial charge on any atom is 0.318 e. The van der Waals surface area contributed by atoms with Crippen molar-refractivity contribution in [2.45, 2.75) is 31.8 Å². The van der Waals surface area contributed by atoms with Crippen LogP contribution >= 0.6 is 0 Å². The molecule has 5 unspecified atom stereocenters. The highest BCUT2D eigenvalue weighted by Crippen LogP contribution is 2.48. The van der Waals surface area contributed by atoms with Crippen molar-refractivity contribution in [3.8, 4) is 6.07 Å². The molecule has 3 fully saturated rings. The summed E-state index contributed by atoms with van der Waals surface area (Å²) >= 11 is 0. The number of carbonyl (C=O) groups is 2. The van der Waals surface area contributed by atoms with E-state index in [1.54, 1.807) is 17.0 Å². The van der Waals surface area contributed by atoms with Gasteiger partial charge in [-0.2, -0.15) is 5.26 Å². The van der Waals surface area contributed by atoms with Crippen molar-refractivity contribution in [1.82, 2.24) is 15.1 Å². The number of hydrogen-bond acceptors (Lipinski definition) is 3. The molecule has 1 aromatic carbocycles. The van der Waals surface area contributed by atoms with Crippen LogP contribution in [-0.2, 0) is 11.3 Å². The zero-order valence-electron chi connectivity index (χ0n) is 16.5. The highest BCUT2D eigenvalue weighted by Gasteiger charge is 2.47. The molecule has 1 N–H and O–H groups in total. The first-order valence-electron chi connectivity index (χ1n) is 10.6. The molecule has 29 heavy (non-hydrogen) atoms. The molecule has 0 radical (unpaired) electrons. The number of nitrogens with one attached hydrogen (secondary N) is 1. The molecule has 6 nitrogen and oxygen atoms in total. The van der Waals surface area contributed by atoms with Gasteiger partial charge in [-0.05, 0) is 60.6 Å². The van der Waals surface area contributed by atoms with Crippen molar-refractivity contribution in [2.24, 2.45) is 23.7 Å². The third kappa shape index (κ3) is 3.29. The first kappa shape index (κ1) is 18.2. The van der Waals surface area contributed by atoms with E-state index in [1.807, 2.05) is 17.0 Å². The van der Waals surface area contributed by atoms with Gasteiger partial charge < -0.3 is 15.1 Å². The van der Waals surface area contributed by atoms with Gasteiger partial charge >= 0.3 is 6.03 Å². The average molecular weight is 390 g/mol. The average Bonchev–Trinajstić information content (AvgIpc) is 3.36. The van der Waals surface area contributed by atoms with Gasteiger partial charge in [0.15, 0.2) is 0 Å². The molecule has 2 aliphatic heterocycles. The number of fused-ring (bicyclic) bond motifs is 1. The van der Waals surface area contributed by atoms with E-state index in [9.17, 15) is 9.59 Å². The number of nitriles is 1. The SMILES string of the molecule is N#Cc1ccc(CN2CCC(NC(=O)N3CC4C5C=CC(CC5)C4C3)C2=O)cc1. The molecule has 3 aliphatic carbocycles. The van der Waals surface area contributed by atoms with Crippen molar-refractivity contribution < 1.29 is 9.59 Å². The standard InChI is InChI=1S/C23H26N4O2/c24-11-15-1-3-16(4-2-15)12-26-10-9-21(22(26)28)25-23(29)27-13-19-17-5-6-18(8-7-17)20(19)14-27/h1-6,17-21H,7-10,12-14H2,(H,25,29). The molecule has 2 heterocycles. The molecule has 1 aromatic rings. The molecule has 6 heteroatoms. The van der Waals surface area contributed by atoms with Gasteiger partial charge in [-0.1, -0.05) is 24.3 Å². The van der Waals surface area contributed by atoms with E-state index in [0.717, 1.165) is 18.7 Å². The van der Waals surface area contributed by atoms with Gasteiger partial charge in [-0.25, -0.2) is 4.79 Å². The van der Waals surface area contributed by atoms with Gasteiger partial charge in [0, 0.05) is 26.2 Å². The zero-order valence-corrected chi connectivity index (χ0v) is 16.5. The summed E-state index contributed by atoms with van der Waals surface area (Å²) in [7, 11) is 0. The summed E-state index contributed by atoms with van der Waals surface area (Å²) in [5, 5.41) is 11.9. The number of amides is 3. The Balaban J connectivity index is 1.17. The molecular weight excluding hydrogens is 364 g/mol. The Labute approximate surface area is 171 Å². The lowest BCUT2D eigenvalue weighted by molar-refractivity contribution is -0.129. The van der Waals surface area contributed by atoms with E-state index in [1.165, 1.54) is 12.8 Å². The molecule has 2 bridgehead atoms. The van der Waals surface area contributed by atoms with E-state index in [4.69, 9.17) is 5.26 Å². The molecule has 3 amide bonds. The number of likely N-dealkylation sites (tertiary alicyclic amines) is 2. The minimum Gasteiger partial charge on any atom is -0.336 e. The van der Waals surface area contributed by atoms with E-state index in [2.05, 4.69) is 23.5 Å². The largest absolute Gasteiger partial charge is 0.336 e. The second kappa shape index (κ2) is 7.22. The van der Waals surface area contributed by atoms with Crippen LogP contribution < -0.4 is 5.32 Å². The van der Waals surface area contributed by atoms with Crippen LogP contribution in [0.2, 0.25) is 0 Å². The Morgan fingerprint density at radius 1 is 1.07 bits per heavy atom. The van der Waals surface area contributed by atoms with Gasteiger partial charge in [0.2, 0.25) is 5.91 Å². The predicted molar refractivity (Wildman–Crippen MR) is 107 cm³/mol. The van der Waals surface area contributed by atoms with Crippen LogP contribution in [0.15, 0.2) is 36.4 Å². The van der Waals surface area contributed by atoms with Crippen LogP contribution in [0.25, 0.3) is 0 Å². The number of nitrogens with zero attached hydrogens (tertiary/aromatic N) is 3. The molecule has 2 saturated heterocycles. The fraction of sp³-hybridized carbons (Fsp3) is 0.522. The van der Waals surface area contributed by atoms with Gasteiger partial charge in [0.1, 0.15) is 6.04 Å².